The van der Waals surface area contributed by atoms with Gasteiger partial charge >= 0.3 is 0 Å². The fourth-order valence-corrected chi connectivity index (χ4v) is 2.72. The summed E-state index contributed by atoms with van der Waals surface area (Å²) in [7, 11) is 0. The van der Waals surface area contributed by atoms with Crippen molar-refractivity contribution in [3.8, 4) is 0 Å². The van der Waals surface area contributed by atoms with Gasteiger partial charge in [0.1, 0.15) is 0 Å². The van der Waals surface area contributed by atoms with Gasteiger partial charge < -0.3 is 10.2 Å². The molecule has 1 saturated heterocycles. The third-order valence-corrected chi connectivity index (χ3v) is 3.73. The van der Waals surface area contributed by atoms with Gasteiger partial charge in [0.05, 0.1) is 0 Å². The Bertz CT molecular complexity index is 365. The van der Waals surface area contributed by atoms with Crippen LogP contribution < -0.4 is 10.2 Å². The van der Waals surface area contributed by atoms with Crippen molar-refractivity contribution in [3.05, 3.63) is 28.2 Å². The Labute approximate surface area is 106 Å². The summed E-state index contributed by atoms with van der Waals surface area (Å²) >= 11 is 3.55. The maximum Gasteiger partial charge on any atom is 0.0402 e. The molecule has 0 radical (unpaired) electrons. The van der Waals surface area contributed by atoms with Crippen LogP contribution in [0.3, 0.4) is 0 Å². The normalized spacial score (nSPS) is 21.2. The van der Waals surface area contributed by atoms with E-state index < -0.39 is 0 Å². The van der Waals surface area contributed by atoms with E-state index in [0.29, 0.717) is 6.04 Å². The lowest BCUT2D eigenvalue weighted by Crippen LogP contribution is -2.50. The first-order valence-corrected chi connectivity index (χ1v) is 6.77. The quantitative estimate of drug-likeness (QED) is 0.898. The molecule has 1 aliphatic heterocycles. The van der Waals surface area contributed by atoms with Crippen LogP contribution in [0, 0.1) is 0 Å². The van der Waals surface area contributed by atoms with Gasteiger partial charge in [-0.1, -0.05) is 22.9 Å². The molecule has 1 fully saturated rings. The molecule has 1 aromatic rings. The first kappa shape index (κ1) is 11.9. The van der Waals surface area contributed by atoms with Crippen molar-refractivity contribution in [1.29, 1.82) is 0 Å². The van der Waals surface area contributed by atoms with Gasteiger partial charge in [-0.15, -0.1) is 0 Å². The highest BCUT2D eigenvalue weighted by molar-refractivity contribution is 9.10. The molecule has 88 valence electrons. The molecule has 1 aromatic carbocycles. The minimum atomic E-state index is 0.584. The average Bonchev–Trinajstić information content (AvgIpc) is 2.30. The first-order valence-electron chi connectivity index (χ1n) is 5.98. The molecule has 1 aliphatic rings. The summed E-state index contributed by atoms with van der Waals surface area (Å²) in [6.45, 7) is 7.78. The number of nitrogens with one attached hydrogen (secondary N) is 1. The second-order valence-electron chi connectivity index (χ2n) is 4.37. The van der Waals surface area contributed by atoms with Crippen LogP contribution in [-0.2, 0) is 6.42 Å². The van der Waals surface area contributed by atoms with E-state index in [-0.39, 0.29) is 0 Å². The van der Waals surface area contributed by atoms with Gasteiger partial charge in [0.15, 0.2) is 0 Å². The number of nitrogens with zero attached hydrogens (tertiary/aromatic N) is 1. The van der Waals surface area contributed by atoms with Crippen molar-refractivity contribution in [1.82, 2.24) is 5.32 Å². The largest absolute Gasteiger partial charge is 0.366 e. The van der Waals surface area contributed by atoms with Gasteiger partial charge in [0.2, 0.25) is 0 Å². The minimum absolute atomic E-state index is 0.584. The molecule has 1 heterocycles. The van der Waals surface area contributed by atoms with Crippen LogP contribution in [0.1, 0.15) is 19.4 Å². The Morgan fingerprint density at radius 1 is 1.50 bits per heavy atom. The number of aryl methyl sites for hydroxylation is 1. The van der Waals surface area contributed by atoms with Crippen LogP contribution in [0.5, 0.6) is 0 Å². The summed E-state index contributed by atoms with van der Waals surface area (Å²) in [5.41, 5.74) is 2.84. The summed E-state index contributed by atoms with van der Waals surface area (Å²) in [6.07, 6.45) is 1.09. The molecule has 16 heavy (non-hydrogen) atoms. The maximum atomic E-state index is 3.55. The van der Waals surface area contributed by atoms with Gasteiger partial charge in [-0.05, 0) is 37.1 Å². The topological polar surface area (TPSA) is 15.3 Å². The predicted molar refractivity (Wildman–Crippen MR) is 73.2 cm³/mol. The second-order valence-corrected chi connectivity index (χ2v) is 5.29. The fourth-order valence-electron chi connectivity index (χ4n) is 2.32. The lowest BCUT2D eigenvalue weighted by Gasteiger charge is -2.37. The standard InChI is InChI=1S/C13H19BrN2/c1-3-11-8-12(14)4-5-13(11)16-7-6-15-9-10(16)2/h4-5,8,10,15H,3,6-7,9H2,1-2H3. The maximum absolute atomic E-state index is 3.55. The van der Waals surface area contributed by atoms with Crippen LogP contribution in [-0.4, -0.2) is 25.7 Å². The Morgan fingerprint density at radius 2 is 2.31 bits per heavy atom. The molecular weight excluding hydrogens is 264 g/mol. The Hall–Kier alpha value is -0.540. The number of benzene rings is 1. The molecular formula is C13H19BrN2. The molecule has 0 aliphatic carbocycles. The SMILES string of the molecule is CCc1cc(Br)ccc1N1CCNCC1C. The van der Waals surface area contributed by atoms with Gasteiger partial charge in [0.25, 0.3) is 0 Å². The number of rotatable bonds is 2. The van der Waals surface area contributed by atoms with Crippen LogP contribution in [0.15, 0.2) is 22.7 Å². The highest BCUT2D eigenvalue weighted by Crippen LogP contribution is 2.27. The van der Waals surface area contributed by atoms with E-state index in [1.807, 2.05) is 0 Å². The van der Waals surface area contributed by atoms with E-state index in [2.05, 4.69) is 58.2 Å². The molecule has 2 rings (SSSR count). The zero-order valence-corrected chi connectivity index (χ0v) is 11.5. The smallest absolute Gasteiger partial charge is 0.0402 e. The van der Waals surface area contributed by atoms with E-state index in [1.165, 1.54) is 15.7 Å². The summed E-state index contributed by atoms with van der Waals surface area (Å²) in [6, 6.07) is 7.21. The number of hydrogen-bond donors (Lipinski definition) is 1. The molecule has 1 N–H and O–H groups in total. The summed E-state index contributed by atoms with van der Waals surface area (Å²) in [5, 5.41) is 3.43. The highest BCUT2D eigenvalue weighted by atomic mass is 79.9. The Balaban J connectivity index is 2.30. The van der Waals surface area contributed by atoms with E-state index >= 15 is 0 Å². The zero-order valence-electron chi connectivity index (χ0n) is 9.96. The van der Waals surface area contributed by atoms with Crippen molar-refractivity contribution in [2.24, 2.45) is 0 Å². The van der Waals surface area contributed by atoms with Crippen molar-refractivity contribution >= 4 is 21.6 Å². The summed E-state index contributed by atoms with van der Waals surface area (Å²) < 4.78 is 1.18. The Kier molecular flexibility index (Phi) is 3.87. The lowest BCUT2D eigenvalue weighted by molar-refractivity contribution is 0.500. The Morgan fingerprint density at radius 3 is 3.00 bits per heavy atom. The zero-order chi connectivity index (χ0) is 11.5. The fraction of sp³-hybridized carbons (Fsp3) is 0.538. The molecule has 1 atom stereocenters. The third kappa shape index (κ3) is 2.41. The van der Waals surface area contributed by atoms with E-state index in [4.69, 9.17) is 0 Å². The van der Waals surface area contributed by atoms with Crippen LogP contribution in [0.4, 0.5) is 5.69 Å². The van der Waals surface area contributed by atoms with Gasteiger partial charge in [-0.2, -0.15) is 0 Å². The molecule has 0 saturated carbocycles. The molecule has 0 bridgehead atoms. The molecule has 1 unspecified atom stereocenters. The average molecular weight is 283 g/mol. The van der Waals surface area contributed by atoms with Gasteiger partial charge in [-0.3, -0.25) is 0 Å². The van der Waals surface area contributed by atoms with E-state index in [1.54, 1.807) is 0 Å². The lowest BCUT2D eigenvalue weighted by atomic mass is 10.1. The van der Waals surface area contributed by atoms with Crippen molar-refractivity contribution in [3.63, 3.8) is 0 Å². The third-order valence-electron chi connectivity index (χ3n) is 3.23. The molecule has 0 spiro atoms. The van der Waals surface area contributed by atoms with Crippen LogP contribution in [0.25, 0.3) is 0 Å². The number of anilines is 1. The van der Waals surface area contributed by atoms with E-state index in [9.17, 15) is 0 Å². The monoisotopic (exact) mass is 282 g/mol. The summed E-state index contributed by atoms with van der Waals surface area (Å²) in [4.78, 5) is 2.52. The number of piperazine rings is 1. The molecule has 2 nitrogen and oxygen atoms in total. The molecule has 0 amide bonds. The van der Waals surface area contributed by atoms with Crippen molar-refractivity contribution < 1.29 is 0 Å². The minimum Gasteiger partial charge on any atom is -0.366 e. The van der Waals surface area contributed by atoms with Gasteiger partial charge in [-0.25, -0.2) is 0 Å². The molecule has 0 aromatic heterocycles. The summed E-state index contributed by atoms with van der Waals surface area (Å²) in [5.74, 6) is 0. The first-order chi connectivity index (χ1) is 7.72. The van der Waals surface area contributed by atoms with Crippen LogP contribution in [0.2, 0.25) is 0 Å². The van der Waals surface area contributed by atoms with E-state index in [0.717, 1.165) is 26.1 Å². The number of halogens is 1. The predicted octanol–water partition coefficient (Wildman–Crippen LogP) is 2.81. The van der Waals surface area contributed by atoms with Gasteiger partial charge in [0, 0.05) is 35.8 Å². The molecule has 3 heteroatoms. The number of hydrogen-bond acceptors (Lipinski definition) is 2. The van der Waals surface area contributed by atoms with Crippen molar-refractivity contribution in [2.45, 2.75) is 26.3 Å². The highest BCUT2D eigenvalue weighted by Gasteiger charge is 2.19. The second kappa shape index (κ2) is 5.19. The van der Waals surface area contributed by atoms with Crippen LogP contribution >= 0.6 is 15.9 Å². The van der Waals surface area contributed by atoms with Crippen molar-refractivity contribution in [2.75, 3.05) is 24.5 Å².